The second-order valence-corrected chi connectivity index (χ2v) is 6.67. The highest BCUT2D eigenvalue weighted by atomic mass is 79.9. The summed E-state index contributed by atoms with van der Waals surface area (Å²) in [5, 5.41) is 3.63. The first-order valence-corrected chi connectivity index (χ1v) is 8.91. The van der Waals surface area contributed by atoms with Crippen LogP contribution < -0.4 is 10.1 Å². The van der Waals surface area contributed by atoms with Crippen molar-refractivity contribution in [3.63, 3.8) is 0 Å². The molecular formula is C17H27BrN2O. The number of rotatable bonds is 8. The van der Waals surface area contributed by atoms with Crippen LogP contribution in [0.2, 0.25) is 0 Å². The molecule has 3 nitrogen and oxygen atoms in total. The van der Waals surface area contributed by atoms with Crippen LogP contribution in [0.25, 0.3) is 0 Å². The van der Waals surface area contributed by atoms with E-state index in [4.69, 9.17) is 4.74 Å². The van der Waals surface area contributed by atoms with Crippen LogP contribution in [-0.2, 0) is 0 Å². The van der Waals surface area contributed by atoms with Crippen molar-refractivity contribution in [3.05, 3.63) is 28.7 Å². The Morgan fingerprint density at radius 1 is 1.33 bits per heavy atom. The van der Waals surface area contributed by atoms with E-state index in [1.807, 2.05) is 24.3 Å². The highest BCUT2D eigenvalue weighted by Crippen LogP contribution is 2.17. The summed E-state index contributed by atoms with van der Waals surface area (Å²) < 4.78 is 6.93. The maximum Gasteiger partial charge on any atom is 0.120 e. The molecule has 2 rings (SSSR count). The van der Waals surface area contributed by atoms with Crippen molar-refractivity contribution in [1.29, 1.82) is 0 Å². The van der Waals surface area contributed by atoms with Crippen molar-refractivity contribution >= 4 is 15.9 Å². The molecule has 1 heterocycles. The van der Waals surface area contributed by atoms with Crippen LogP contribution in [-0.4, -0.2) is 43.7 Å². The fourth-order valence-electron chi connectivity index (χ4n) is 2.85. The Morgan fingerprint density at radius 2 is 2.24 bits per heavy atom. The van der Waals surface area contributed by atoms with Gasteiger partial charge < -0.3 is 10.1 Å². The average molecular weight is 355 g/mol. The van der Waals surface area contributed by atoms with E-state index in [-0.39, 0.29) is 0 Å². The number of benzene rings is 1. The lowest BCUT2D eigenvalue weighted by atomic mass is 10.0. The third-order valence-corrected chi connectivity index (χ3v) is 4.40. The van der Waals surface area contributed by atoms with E-state index in [1.165, 1.54) is 32.2 Å². The summed E-state index contributed by atoms with van der Waals surface area (Å²) in [6.45, 7) is 7.48. The van der Waals surface area contributed by atoms with E-state index < -0.39 is 0 Å². The van der Waals surface area contributed by atoms with Gasteiger partial charge in [-0.15, -0.1) is 0 Å². The second-order valence-electron chi connectivity index (χ2n) is 5.75. The molecule has 1 N–H and O–H groups in total. The highest BCUT2D eigenvalue weighted by molar-refractivity contribution is 9.10. The Labute approximate surface area is 137 Å². The molecule has 0 radical (unpaired) electrons. The molecule has 1 unspecified atom stereocenters. The van der Waals surface area contributed by atoms with Gasteiger partial charge in [-0.05, 0) is 50.6 Å². The quantitative estimate of drug-likeness (QED) is 0.770. The molecule has 1 atom stereocenters. The van der Waals surface area contributed by atoms with Gasteiger partial charge in [0.1, 0.15) is 12.4 Å². The third-order valence-electron chi connectivity index (χ3n) is 3.90. The topological polar surface area (TPSA) is 24.5 Å². The molecule has 0 aliphatic carbocycles. The fourth-order valence-corrected chi connectivity index (χ4v) is 3.23. The molecule has 1 aliphatic heterocycles. The fraction of sp³-hybridized carbons (Fsp3) is 0.647. The molecule has 0 aromatic heterocycles. The smallest absolute Gasteiger partial charge is 0.120 e. The monoisotopic (exact) mass is 354 g/mol. The number of hydrogen-bond acceptors (Lipinski definition) is 3. The van der Waals surface area contributed by atoms with Crippen molar-refractivity contribution in [2.75, 3.05) is 32.8 Å². The molecular weight excluding hydrogens is 328 g/mol. The molecule has 1 fully saturated rings. The summed E-state index contributed by atoms with van der Waals surface area (Å²) in [5.41, 5.74) is 0. The molecule has 21 heavy (non-hydrogen) atoms. The normalized spacial score (nSPS) is 18.9. The van der Waals surface area contributed by atoms with E-state index in [2.05, 4.69) is 33.1 Å². The lowest BCUT2D eigenvalue weighted by molar-refractivity contribution is 0.184. The van der Waals surface area contributed by atoms with Gasteiger partial charge >= 0.3 is 0 Å². The van der Waals surface area contributed by atoms with Crippen LogP contribution in [0.5, 0.6) is 5.75 Å². The summed E-state index contributed by atoms with van der Waals surface area (Å²) in [6, 6.07) is 8.72. The SMILES string of the molecule is CCCN(CCOc1cccc(Br)c1)CC1CCCCN1. The van der Waals surface area contributed by atoms with Gasteiger partial charge in [-0.2, -0.15) is 0 Å². The molecule has 0 spiro atoms. The molecule has 118 valence electrons. The summed E-state index contributed by atoms with van der Waals surface area (Å²) >= 11 is 3.47. The minimum atomic E-state index is 0.663. The summed E-state index contributed by atoms with van der Waals surface area (Å²) in [5.74, 6) is 0.941. The lowest BCUT2D eigenvalue weighted by Crippen LogP contribution is -2.45. The number of hydrogen-bond donors (Lipinski definition) is 1. The van der Waals surface area contributed by atoms with Crippen molar-refractivity contribution in [1.82, 2.24) is 10.2 Å². The largest absolute Gasteiger partial charge is 0.492 e. The van der Waals surface area contributed by atoms with Crippen LogP contribution in [0.4, 0.5) is 0 Å². The predicted molar refractivity (Wildman–Crippen MR) is 92.0 cm³/mol. The van der Waals surface area contributed by atoms with Crippen molar-refractivity contribution in [3.8, 4) is 5.75 Å². The maximum atomic E-state index is 5.86. The number of halogens is 1. The Morgan fingerprint density at radius 3 is 2.95 bits per heavy atom. The first-order valence-electron chi connectivity index (χ1n) is 8.12. The molecule has 0 saturated carbocycles. The van der Waals surface area contributed by atoms with Crippen LogP contribution >= 0.6 is 15.9 Å². The molecule has 0 amide bonds. The van der Waals surface area contributed by atoms with Gasteiger partial charge in [-0.25, -0.2) is 0 Å². The van der Waals surface area contributed by atoms with Gasteiger partial charge in [-0.1, -0.05) is 35.3 Å². The standard InChI is InChI=1S/C17H27BrN2O/c1-2-10-20(14-16-7-3-4-9-19-16)11-12-21-17-8-5-6-15(18)13-17/h5-6,8,13,16,19H,2-4,7,9-12,14H2,1H3. The Bertz CT molecular complexity index is 408. The molecule has 0 bridgehead atoms. The van der Waals surface area contributed by atoms with E-state index in [9.17, 15) is 0 Å². The Hall–Kier alpha value is -0.580. The average Bonchev–Trinajstić information content (AvgIpc) is 2.48. The van der Waals surface area contributed by atoms with Gasteiger partial charge in [0.2, 0.25) is 0 Å². The van der Waals surface area contributed by atoms with Crippen LogP contribution in [0.1, 0.15) is 32.6 Å². The number of nitrogens with zero attached hydrogens (tertiary/aromatic N) is 1. The summed E-state index contributed by atoms with van der Waals surface area (Å²) in [6.07, 6.45) is 5.21. The zero-order chi connectivity index (χ0) is 14.9. The molecule has 1 aliphatic rings. The molecule has 1 aromatic carbocycles. The highest BCUT2D eigenvalue weighted by Gasteiger charge is 2.16. The third kappa shape index (κ3) is 6.37. The van der Waals surface area contributed by atoms with E-state index in [0.29, 0.717) is 6.04 Å². The van der Waals surface area contributed by atoms with E-state index in [1.54, 1.807) is 0 Å². The first kappa shape index (κ1) is 16.8. The van der Waals surface area contributed by atoms with Gasteiger partial charge in [0.25, 0.3) is 0 Å². The van der Waals surface area contributed by atoms with Gasteiger partial charge in [0.05, 0.1) is 0 Å². The Balaban J connectivity index is 1.73. The van der Waals surface area contributed by atoms with Gasteiger partial charge in [0, 0.05) is 23.6 Å². The second kappa shape index (κ2) is 9.44. The van der Waals surface area contributed by atoms with Crippen molar-refractivity contribution < 1.29 is 4.74 Å². The van der Waals surface area contributed by atoms with Crippen LogP contribution in [0.3, 0.4) is 0 Å². The zero-order valence-corrected chi connectivity index (χ0v) is 14.6. The molecule has 1 aromatic rings. The minimum absolute atomic E-state index is 0.663. The number of ether oxygens (including phenoxy) is 1. The summed E-state index contributed by atoms with van der Waals surface area (Å²) in [4.78, 5) is 2.53. The first-order chi connectivity index (χ1) is 10.3. The van der Waals surface area contributed by atoms with Crippen molar-refractivity contribution in [2.45, 2.75) is 38.6 Å². The maximum absolute atomic E-state index is 5.86. The van der Waals surface area contributed by atoms with Crippen LogP contribution in [0, 0.1) is 0 Å². The zero-order valence-electron chi connectivity index (χ0n) is 13.0. The number of piperidine rings is 1. The Kier molecular flexibility index (Phi) is 7.54. The molecule has 1 saturated heterocycles. The van der Waals surface area contributed by atoms with E-state index in [0.717, 1.165) is 36.5 Å². The van der Waals surface area contributed by atoms with Crippen molar-refractivity contribution in [2.24, 2.45) is 0 Å². The van der Waals surface area contributed by atoms with E-state index >= 15 is 0 Å². The number of nitrogens with one attached hydrogen (secondary N) is 1. The minimum Gasteiger partial charge on any atom is -0.492 e. The van der Waals surface area contributed by atoms with Crippen LogP contribution in [0.15, 0.2) is 28.7 Å². The molecule has 4 heteroatoms. The predicted octanol–water partition coefficient (Wildman–Crippen LogP) is 3.68. The van der Waals surface area contributed by atoms with Gasteiger partial charge in [0.15, 0.2) is 0 Å². The van der Waals surface area contributed by atoms with Gasteiger partial charge in [-0.3, -0.25) is 4.90 Å². The summed E-state index contributed by atoms with van der Waals surface area (Å²) in [7, 11) is 0. The lowest BCUT2D eigenvalue weighted by Gasteiger charge is -2.30.